The summed E-state index contributed by atoms with van der Waals surface area (Å²) in [5.74, 6) is -0.0821. The van der Waals surface area contributed by atoms with Gasteiger partial charge in [0.1, 0.15) is 0 Å². The number of hydrogen-bond donors (Lipinski definition) is 2. The van der Waals surface area contributed by atoms with E-state index in [1.54, 1.807) is 25.3 Å². The van der Waals surface area contributed by atoms with Crippen molar-refractivity contribution in [2.75, 3.05) is 32.1 Å². The summed E-state index contributed by atoms with van der Waals surface area (Å²) >= 11 is 7.96. The molecule has 0 spiro atoms. The van der Waals surface area contributed by atoms with E-state index in [9.17, 15) is 4.79 Å². The maximum absolute atomic E-state index is 11.6. The van der Waals surface area contributed by atoms with Gasteiger partial charge >= 0.3 is 0 Å². The van der Waals surface area contributed by atoms with Crippen molar-refractivity contribution in [2.45, 2.75) is 0 Å². The number of halogens is 2. The minimum atomic E-state index is -0.0821. The zero-order chi connectivity index (χ0) is 12.7. The lowest BCUT2D eigenvalue weighted by atomic mass is 10.3. The van der Waals surface area contributed by atoms with Gasteiger partial charge < -0.3 is 15.4 Å². The quantitative estimate of drug-likeness (QED) is 0.597. The molecule has 0 unspecified atom stereocenters. The molecule has 1 aromatic carbocycles. The molecule has 4 nitrogen and oxygen atoms in total. The molecule has 0 aliphatic heterocycles. The summed E-state index contributed by atoms with van der Waals surface area (Å²) in [7, 11) is 1.62. The second-order valence-corrected chi connectivity index (χ2v) is 4.94. The van der Waals surface area contributed by atoms with E-state index in [2.05, 4.69) is 33.2 Å². The third kappa shape index (κ3) is 5.67. The molecule has 0 aliphatic rings. The number of benzene rings is 1. The molecule has 0 atom stereocenters. The van der Waals surface area contributed by atoms with Crippen LogP contribution in [0.2, 0.25) is 5.02 Å². The minimum absolute atomic E-state index is 0.0821. The highest BCUT2D eigenvalue weighted by Crippen LogP contribution is 2.21. The zero-order valence-corrected chi connectivity index (χ0v) is 12.3. The molecule has 0 aromatic heterocycles. The lowest BCUT2D eigenvalue weighted by Gasteiger charge is -2.08. The first-order valence-electron chi connectivity index (χ1n) is 5.08. The van der Waals surface area contributed by atoms with E-state index in [1.807, 2.05) is 0 Å². The first kappa shape index (κ1) is 14.7. The van der Waals surface area contributed by atoms with E-state index in [-0.39, 0.29) is 12.5 Å². The largest absolute Gasteiger partial charge is 0.383 e. The molecular formula is C11H14ClIN2O2. The van der Waals surface area contributed by atoms with Gasteiger partial charge in [-0.15, -0.1) is 0 Å². The molecule has 0 radical (unpaired) electrons. The van der Waals surface area contributed by atoms with Crippen molar-refractivity contribution in [3.8, 4) is 0 Å². The van der Waals surface area contributed by atoms with E-state index in [0.29, 0.717) is 18.2 Å². The van der Waals surface area contributed by atoms with E-state index in [0.717, 1.165) is 9.26 Å². The van der Waals surface area contributed by atoms with Crippen LogP contribution in [0, 0.1) is 3.57 Å². The van der Waals surface area contributed by atoms with Crippen LogP contribution >= 0.6 is 34.2 Å². The highest BCUT2D eigenvalue weighted by Gasteiger charge is 2.05. The molecule has 0 heterocycles. The molecule has 0 bridgehead atoms. The molecule has 1 aromatic rings. The Balaban J connectivity index is 2.40. The van der Waals surface area contributed by atoms with Gasteiger partial charge in [-0.3, -0.25) is 4.79 Å². The van der Waals surface area contributed by atoms with Crippen molar-refractivity contribution in [3.05, 3.63) is 26.8 Å². The number of ether oxygens (including phenoxy) is 1. The fraction of sp³-hybridized carbons (Fsp3) is 0.364. The third-order valence-electron chi connectivity index (χ3n) is 1.97. The topological polar surface area (TPSA) is 50.4 Å². The lowest BCUT2D eigenvalue weighted by Crippen LogP contribution is -2.30. The van der Waals surface area contributed by atoms with Crippen molar-refractivity contribution in [2.24, 2.45) is 0 Å². The molecule has 6 heteroatoms. The summed E-state index contributed by atoms with van der Waals surface area (Å²) < 4.78 is 5.78. The van der Waals surface area contributed by atoms with Crippen LogP contribution in [-0.2, 0) is 9.53 Å². The standard InChI is InChI=1S/C11H14ClIN2O2/c1-17-5-4-14-7-11(16)15-10-3-2-8(12)6-9(10)13/h2-3,6,14H,4-5,7H2,1H3,(H,15,16). The Morgan fingerprint density at radius 2 is 2.29 bits per heavy atom. The van der Waals surface area contributed by atoms with E-state index in [4.69, 9.17) is 16.3 Å². The fourth-order valence-corrected chi connectivity index (χ4v) is 2.17. The van der Waals surface area contributed by atoms with E-state index < -0.39 is 0 Å². The zero-order valence-electron chi connectivity index (χ0n) is 9.43. The Morgan fingerprint density at radius 3 is 2.94 bits per heavy atom. The number of rotatable bonds is 6. The van der Waals surface area contributed by atoms with Crippen LogP contribution in [0.5, 0.6) is 0 Å². The van der Waals surface area contributed by atoms with E-state index in [1.165, 1.54) is 0 Å². The molecular weight excluding hydrogens is 354 g/mol. The van der Waals surface area contributed by atoms with Crippen molar-refractivity contribution in [1.82, 2.24) is 5.32 Å². The number of anilines is 1. The number of carbonyl (C=O) groups is 1. The molecule has 1 amide bonds. The van der Waals surface area contributed by atoms with Crippen molar-refractivity contribution in [3.63, 3.8) is 0 Å². The number of hydrogen-bond acceptors (Lipinski definition) is 3. The van der Waals surface area contributed by atoms with Crippen LogP contribution in [0.1, 0.15) is 0 Å². The molecule has 0 saturated heterocycles. The summed E-state index contributed by atoms with van der Waals surface area (Å²) in [6, 6.07) is 5.34. The van der Waals surface area contributed by atoms with Gasteiger partial charge in [0.2, 0.25) is 5.91 Å². The second kappa shape index (κ2) is 7.86. The fourth-order valence-electron chi connectivity index (χ4n) is 1.16. The number of amides is 1. The summed E-state index contributed by atoms with van der Waals surface area (Å²) in [6.45, 7) is 1.51. The van der Waals surface area contributed by atoms with Gasteiger partial charge in [0.05, 0.1) is 18.8 Å². The summed E-state index contributed by atoms with van der Waals surface area (Å²) in [6.07, 6.45) is 0. The summed E-state index contributed by atoms with van der Waals surface area (Å²) in [5.41, 5.74) is 0.772. The average Bonchev–Trinajstić information content (AvgIpc) is 2.28. The van der Waals surface area contributed by atoms with Crippen LogP contribution in [0.3, 0.4) is 0 Å². The van der Waals surface area contributed by atoms with Crippen molar-refractivity contribution < 1.29 is 9.53 Å². The smallest absolute Gasteiger partial charge is 0.238 e. The predicted molar refractivity (Wildman–Crippen MR) is 77.5 cm³/mol. The molecule has 94 valence electrons. The van der Waals surface area contributed by atoms with Crippen LogP contribution in [0.4, 0.5) is 5.69 Å². The highest BCUT2D eigenvalue weighted by molar-refractivity contribution is 14.1. The van der Waals surface area contributed by atoms with Gasteiger partial charge in [0, 0.05) is 22.2 Å². The Bertz CT molecular complexity index is 388. The third-order valence-corrected chi connectivity index (χ3v) is 3.10. The first-order chi connectivity index (χ1) is 8.13. The van der Waals surface area contributed by atoms with Crippen molar-refractivity contribution >= 4 is 45.8 Å². The summed E-state index contributed by atoms with van der Waals surface area (Å²) in [5, 5.41) is 6.44. The Labute approximate surface area is 119 Å². The number of methoxy groups -OCH3 is 1. The van der Waals surface area contributed by atoms with Crippen LogP contribution in [0.25, 0.3) is 0 Å². The van der Waals surface area contributed by atoms with E-state index >= 15 is 0 Å². The Hall–Kier alpha value is -0.370. The molecule has 0 fully saturated rings. The van der Waals surface area contributed by atoms with Gasteiger partial charge in [-0.1, -0.05) is 11.6 Å². The summed E-state index contributed by atoms with van der Waals surface area (Å²) in [4.78, 5) is 11.6. The lowest BCUT2D eigenvalue weighted by molar-refractivity contribution is -0.115. The van der Waals surface area contributed by atoms with Gasteiger partial charge in [0.15, 0.2) is 0 Å². The monoisotopic (exact) mass is 368 g/mol. The second-order valence-electron chi connectivity index (χ2n) is 3.34. The number of carbonyl (C=O) groups excluding carboxylic acids is 1. The minimum Gasteiger partial charge on any atom is -0.383 e. The predicted octanol–water partition coefficient (Wildman–Crippen LogP) is 2.12. The van der Waals surface area contributed by atoms with Gasteiger partial charge in [-0.2, -0.15) is 0 Å². The van der Waals surface area contributed by atoms with Gasteiger partial charge in [0.25, 0.3) is 0 Å². The Kier molecular flexibility index (Phi) is 6.79. The number of nitrogens with one attached hydrogen (secondary N) is 2. The van der Waals surface area contributed by atoms with Gasteiger partial charge in [-0.05, 0) is 40.8 Å². The van der Waals surface area contributed by atoms with Crippen LogP contribution in [-0.4, -0.2) is 32.7 Å². The molecule has 1 rings (SSSR count). The first-order valence-corrected chi connectivity index (χ1v) is 6.53. The molecule has 17 heavy (non-hydrogen) atoms. The Morgan fingerprint density at radius 1 is 1.53 bits per heavy atom. The van der Waals surface area contributed by atoms with Crippen LogP contribution < -0.4 is 10.6 Å². The highest BCUT2D eigenvalue weighted by atomic mass is 127. The molecule has 0 aliphatic carbocycles. The average molecular weight is 369 g/mol. The molecule has 0 saturated carbocycles. The normalized spacial score (nSPS) is 10.3. The maximum Gasteiger partial charge on any atom is 0.238 e. The molecule has 2 N–H and O–H groups in total. The van der Waals surface area contributed by atoms with Gasteiger partial charge in [-0.25, -0.2) is 0 Å². The van der Waals surface area contributed by atoms with Crippen molar-refractivity contribution in [1.29, 1.82) is 0 Å². The van der Waals surface area contributed by atoms with Crippen LogP contribution in [0.15, 0.2) is 18.2 Å². The SMILES string of the molecule is COCCNCC(=O)Nc1ccc(Cl)cc1I. The maximum atomic E-state index is 11.6.